The molecule has 0 aliphatic carbocycles. The Morgan fingerprint density at radius 2 is 1.73 bits per heavy atom. The molecular formula is C7H21NOSi2. The average Bonchev–Trinajstić information content (AvgIpc) is 1.53. The number of nitrogens with one attached hydrogen (secondary N) is 1. The van der Waals surface area contributed by atoms with Crippen LogP contribution in [0.15, 0.2) is 0 Å². The molecule has 0 spiro atoms. The largest absolute Gasteiger partial charge is 0.447 e. The van der Waals surface area contributed by atoms with Gasteiger partial charge in [-0.1, -0.05) is 13.8 Å². The summed E-state index contributed by atoms with van der Waals surface area (Å²) in [6.07, 6.45) is 0. The van der Waals surface area contributed by atoms with E-state index in [9.17, 15) is 0 Å². The van der Waals surface area contributed by atoms with Crippen molar-refractivity contribution in [2.75, 3.05) is 0 Å². The van der Waals surface area contributed by atoms with E-state index in [2.05, 4.69) is 45.0 Å². The number of hydrogen-bond acceptors (Lipinski definition) is 2. The molecule has 0 heterocycles. The van der Waals surface area contributed by atoms with E-state index in [0.29, 0.717) is 6.04 Å². The predicted octanol–water partition coefficient (Wildman–Crippen LogP) is 1.69. The molecule has 0 atom stereocenters. The number of hydrogen-bond donors (Lipinski definition) is 1. The molecule has 0 saturated heterocycles. The Bertz CT molecular complexity index is 103. The van der Waals surface area contributed by atoms with Gasteiger partial charge in [-0.05, 0) is 32.2 Å². The van der Waals surface area contributed by atoms with E-state index >= 15 is 0 Å². The first kappa shape index (κ1) is 11.4. The van der Waals surface area contributed by atoms with Crippen molar-refractivity contribution in [2.24, 2.45) is 0 Å². The van der Waals surface area contributed by atoms with Crippen molar-refractivity contribution < 1.29 is 4.12 Å². The zero-order valence-corrected chi connectivity index (χ0v) is 10.7. The highest BCUT2D eigenvalue weighted by atomic mass is 28.4. The Balaban J connectivity index is 3.79. The molecule has 2 nitrogen and oxygen atoms in total. The highest BCUT2D eigenvalue weighted by Crippen LogP contribution is 2.03. The summed E-state index contributed by atoms with van der Waals surface area (Å²) in [7, 11) is -2.37. The highest BCUT2D eigenvalue weighted by molar-refractivity contribution is 6.75. The van der Waals surface area contributed by atoms with Crippen LogP contribution >= 0.6 is 0 Å². The zero-order chi connectivity index (χ0) is 9.07. The van der Waals surface area contributed by atoms with E-state index in [1.165, 1.54) is 0 Å². The molecule has 68 valence electrons. The molecule has 0 amide bonds. The van der Waals surface area contributed by atoms with Crippen LogP contribution in [-0.4, -0.2) is 23.6 Å². The van der Waals surface area contributed by atoms with Gasteiger partial charge in [-0.2, -0.15) is 0 Å². The van der Waals surface area contributed by atoms with Crippen molar-refractivity contribution in [2.45, 2.75) is 46.1 Å². The molecule has 0 saturated carbocycles. The summed E-state index contributed by atoms with van der Waals surface area (Å²) in [6, 6.07) is 0.546. The molecule has 0 aliphatic heterocycles. The maximum atomic E-state index is 5.92. The standard InChI is InChI=1S/C7H21NOSi2/c1-7(2)8-11(5,6)9-10(3)4/h7-8,10H,1-6H3. The van der Waals surface area contributed by atoms with Crippen molar-refractivity contribution in [1.82, 2.24) is 4.98 Å². The molecule has 0 rings (SSSR count). The molecule has 4 heteroatoms. The van der Waals surface area contributed by atoms with Crippen LogP contribution in [0.1, 0.15) is 13.8 Å². The third-order valence-corrected chi connectivity index (χ3v) is 6.68. The lowest BCUT2D eigenvalue weighted by atomic mass is 10.4. The lowest BCUT2D eigenvalue weighted by molar-refractivity contribution is 0.528. The molecule has 0 fully saturated rings. The van der Waals surface area contributed by atoms with Crippen molar-refractivity contribution in [3.63, 3.8) is 0 Å². The second-order valence-electron chi connectivity index (χ2n) is 3.98. The van der Waals surface area contributed by atoms with Gasteiger partial charge in [-0.15, -0.1) is 0 Å². The maximum Gasteiger partial charge on any atom is 0.251 e. The molecule has 0 aromatic heterocycles. The monoisotopic (exact) mass is 191 g/mol. The molecule has 0 aromatic rings. The minimum atomic E-state index is -1.52. The predicted molar refractivity (Wildman–Crippen MR) is 55.7 cm³/mol. The molecule has 1 N–H and O–H groups in total. The summed E-state index contributed by atoms with van der Waals surface area (Å²) in [5.41, 5.74) is 0. The van der Waals surface area contributed by atoms with Gasteiger partial charge in [0.1, 0.15) is 0 Å². The summed E-state index contributed by atoms with van der Waals surface area (Å²) in [5.74, 6) is 0. The summed E-state index contributed by atoms with van der Waals surface area (Å²) >= 11 is 0. The topological polar surface area (TPSA) is 21.3 Å². The van der Waals surface area contributed by atoms with Gasteiger partial charge >= 0.3 is 0 Å². The van der Waals surface area contributed by atoms with Crippen LogP contribution in [0, 0.1) is 0 Å². The van der Waals surface area contributed by atoms with Gasteiger partial charge in [0, 0.05) is 0 Å². The van der Waals surface area contributed by atoms with Crippen molar-refractivity contribution >= 4 is 17.5 Å². The fourth-order valence-corrected chi connectivity index (χ4v) is 7.70. The molecule has 0 unspecified atom stereocenters. The van der Waals surface area contributed by atoms with E-state index in [0.717, 1.165) is 0 Å². The second-order valence-corrected chi connectivity index (χ2v) is 10.3. The first-order valence-electron chi connectivity index (χ1n) is 4.29. The third-order valence-electron chi connectivity index (χ3n) is 1.17. The zero-order valence-electron chi connectivity index (χ0n) is 8.56. The van der Waals surface area contributed by atoms with Crippen LogP contribution in [0.3, 0.4) is 0 Å². The molecular weight excluding hydrogens is 170 g/mol. The van der Waals surface area contributed by atoms with Gasteiger partial charge in [0.25, 0.3) is 8.48 Å². The lowest BCUT2D eigenvalue weighted by Gasteiger charge is -2.28. The van der Waals surface area contributed by atoms with E-state index in [4.69, 9.17) is 4.12 Å². The normalized spacial score (nSPS) is 13.1. The van der Waals surface area contributed by atoms with Gasteiger partial charge in [-0.25, -0.2) is 0 Å². The van der Waals surface area contributed by atoms with E-state index in [1.54, 1.807) is 0 Å². The number of rotatable bonds is 4. The van der Waals surface area contributed by atoms with E-state index in [-0.39, 0.29) is 0 Å². The Hall–Kier alpha value is 0.354. The first-order valence-corrected chi connectivity index (χ1v) is 9.98. The van der Waals surface area contributed by atoms with Crippen molar-refractivity contribution in [3.8, 4) is 0 Å². The van der Waals surface area contributed by atoms with E-state index in [1.807, 2.05) is 0 Å². The van der Waals surface area contributed by atoms with Crippen LogP contribution in [0.25, 0.3) is 0 Å². The summed E-state index contributed by atoms with van der Waals surface area (Å²) < 4.78 is 5.92. The molecule has 0 radical (unpaired) electrons. The first-order chi connectivity index (χ1) is 4.83. The summed E-state index contributed by atoms with van der Waals surface area (Å²) in [5, 5.41) is 0. The Labute approximate surface area is 73.3 Å². The minimum Gasteiger partial charge on any atom is -0.447 e. The molecule has 0 bridgehead atoms. The van der Waals surface area contributed by atoms with Gasteiger partial charge in [0.05, 0.1) is 0 Å². The van der Waals surface area contributed by atoms with Crippen molar-refractivity contribution in [1.29, 1.82) is 0 Å². The molecule has 0 aromatic carbocycles. The fraction of sp³-hybridized carbons (Fsp3) is 1.00. The lowest BCUT2D eigenvalue weighted by Crippen LogP contribution is -2.53. The fourth-order valence-electron chi connectivity index (χ4n) is 1.32. The van der Waals surface area contributed by atoms with Gasteiger partial charge < -0.3 is 9.10 Å². The summed E-state index contributed by atoms with van der Waals surface area (Å²) in [4.78, 5) is 3.50. The smallest absolute Gasteiger partial charge is 0.251 e. The highest BCUT2D eigenvalue weighted by Gasteiger charge is 2.24. The molecule has 0 aliphatic rings. The van der Waals surface area contributed by atoms with Gasteiger partial charge in [-0.3, -0.25) is 0 Å². The van der Waals surface area contributed by atoms with Crippen LogP contribution in [-0.2, 0) is 4.12 Å². The van der Waals surface area contributed by atoms with Crippen LogP contribution in [0.4, 0.5) is 0 Å². The van der Waals surface area contributed by atoms with E-state index < -0.39 is 17.5 Å². The Morgan fingerprint density at radius 3 is 2.00 bits per heavy atom. The average molecular weight is 191 g/mol. The van der Waals surface area contributed by atoms with Crippen LogP contribution in [0.2, 0.25) is 26.2 Å². The van der Waals surface area contributed by atoms with Crippen LogP contribution in [0.5, 0.6) is 0 Å². The second kappa shape index (κ2) is 4.40. The Kier molecular flexibility index (Phi) is 4.54. The van der Waals surface area contributed by atoms with Gasteiger partial charge in [0.2, 0.25) is 0 Å². The SMILES string of the molecule is CC(C)N[Si](C)(C)O[SiH](C)C. The summed E-state index contributed by atoms with van der Waals surface area (Å²) in [6.45, 7) is 13.2. The Morgan fingerprint density at radius 1 is 1.27 bits per heavy atom. The van der Waals surface area contributed by atoms with Crippen LogP contribution < -0.4 is 4.98 Å². The molecule has 11 heavy (non-hydrogen) atoms. The maximum absolute atomic E-state index is 5.92. The minimum absolute atomic E-state index is 0.546. The van der Waals surface area contributed by atoms with Crippen molar-refractivity contribution in [3.05, 3.63) is 0 Å². The third kappa shape index (κ3) is 6.74. The quantitative estimate of drug-likeness (QED) is 0.683. The van der Waals surface area contributed by atoms with Gasteiger partial charge in [0.15, 0.2) is 9.04 Å².